The number of nitrogens with one attached hydrogen (secondary N) is 2. The molecule has 0 saturated carbocycles. The molecule has 0 bridgehead atoms. The number of nitrogens with zero attached hydrogens (tertiary/aromatic N) is 2. The number of carbonyl (C=O) groups is 2. The number of rotatable bonds is 5. The van der Waals surface area contributed by atoms with Crippen molar-refractivity contribution in [2.75, 3.05) is 18.7 Å². The normalized spacial score (nSPS) is 10.2. The van der Waals surface area contributed by atoms with Crippen LogP contribution in [0.15, 0.2) is 15.3 Å². The average Bonchev–Trinajstić information content (AvgIpc) is 2.88. The van der Waals surface area contributed by atoms with E-state index >= 15 is 0 Å². The van der Waals surface area contributed by atoms with Gasteiger partial charge < -0.3 is 14.1 Å². The molecule has 0 aliphatic heterocycles. The molecule has 0 unspecified atom stereocenters. The first-order valence-electron chi connectivity index (χ1n) is 6.93. The Labute approximate surface area is 146 Å². The van der Waals surface area contributed by atoms with Crippen LogP contribution in [0.5, 0.6) is 0 Å². The number of methoxy groups -OCH3 is 1. The molecular weight excluding hydrogens is 348 g/mol. The minimum absolute atomic E-state index is 0.0674. The number of nitriles is 1. The number of anilines is 1. The summed E-state index contributed by atoms with van der Waals surface area (Å²) in [6, 6.07) is 2.83. The van der Waals surface area contributed by atoms with Crippen LogP contribution in [0.25, 0.3) is 0 Å². The average molecular weight is 362 g/mol. The molecule has 10 heteroatoms. The maximum absolute atomic E-state index is 12.3. The first-order valence-corrected chi connectivity index (χ1v) is 8.33. The molecule has 0 spiro atoms. The zero-order chi connectivity index (χ0) is 18.6. The Morgan fingerprint density at radius 1 is 1.52 bits per heavy atom. The lowest BCUT2D eigenvalue weighted by Crippen LogP contribution is -2.20. The van der Waals surface area contributed by atoms with Crippen molar-refractivity contribution in [3.8, 4) is 6.07 Å². The summed E-state index contributed by atoms with van der Waals surface area (Å²) in [6.07, 6.45) is 1.83. The van der Waals surface area contributed by atoms with Gasteiger partial charge >= 0.3 is 5.97 Å². The van der Waals surface area contributed by atoms with Crippen LogP contribution in [0.3, 0.4) is 0 Å². The zero-order valence-electron chi connectivity index (χ0n) is 13.6. The Morgan fingerprint density at radius 3 is 2.84 bits per heavy atom. The number of aromatic nitrogens is 2. The number of hydrogen-bond acceptors (Lipinski definition) is 8. The molecule has 0 radical (unpaired) electrons. The van der Waals surface area contributed by atoms with Crippen LogP contribution in [0.2, 0.25) is 0 Å². The number of ether oxygens (including phenoxy) is 1. The van der Waals surface area contributed by atoms with Crippen molar-refractivity contribution < 1.29 is 18.7 Å². The van der Waals surface area contributed by atoms with Gasteiger partial charge in [-0.3, -0.25) is 14.9 Å². The molecule has 0 aromatic carbocycles. The number of furan rings is 1. The molecular formula is C15H14N4O5S. The predicted octanol–water partition coefficient (Wildman–Crippen LogP) is 1.44. The van der Waals surface area contributed by atoms with E-state index in [1.165, 1.54) is 25.8 Å². The lowest BCUT2D eigenvalue weighted by Gasteiger charge is -2.04. The highest BCUT2D eigenvalue weighted by atomic mass is 32.2. The van der Waals surface area contributed by atoms with Gasteiger partial charge in [0.05, 0.1) is 12.9 Å². The van der Waals surface area contributed by atoms with E-state index in [4.69, 9.17) is 4.42 Å². The number of thioether (sulfide) groups is 1. The molecule has 9 nitrogen and oxygen atoms in total. The number of amides is 1. The van der Waals surface area contributed by atoms with Crippen molar-refractivity contribution in [3.05, 3.63) is 44.8 Å². The van der Waals surface area contributed by atoms with E-state index in [2.05, 4.69) is 20.0 Å². The summed E-state index contributed by atoms with van der Waals surface area (Å²) in [6.45, 7) is 1.46. The minimum atomic E-state index is -0.755. The van der Waals surface area contributed by atoms with E-state index in [0.717, 1.165) is 6.07 Å². The Hall–Kier alpha value is -3.06. The van der Waals surface area contributed by atoms with Gasteiger partial charge in [0.1, 0.15) is 34.5 Å². The third-order valence-electron chi connectivity index (χ3n) is 3.12. The number of H-pyrrole nitrogens is 1. The fraction of sp³-hybridized carbons (Fsp3) is 0.267. The number of carbonyl (C=O) groups excluding carboxylic acids is 2. The first kappa shape index (κ1) is 18.3. The van der Waals surface area contributed by atoms with Gasteiger partial charge in [-0.05, 0) is 13.2 Å². The number of aryl methyl sites for hydroxylation is 1. The Bertz CT molecular complexity index is 925. The molecule has 2 aromatic heterocycles. The van der Waals surface area contributed by atoms with Gasteiger partial charge in [-0.1, -0.05) is 0 Å². The lowest BCUT2D eigenvalue weighted by atomic mass is 10.1. The fourth-order valence-electron chi connectivity index (χ4n) is 2.08. The van der Waals surface area contributed by atoms with Crippen molar-refractivity contribution in [2.45, 2.75) is 12.7 Å². The maximum Gasteiger partial charge on any atom is 0.342 e. The van der Waals surface area contributed by atoms with Crippen molar-refractivity contribution in [3.63, 3.8) is 0 Å². The Morgan fingerprint density at radius 2 is 2.24 bits per heavy atom. The van der Waals surface area contributed by atoms with Gasteiger partial charge in [-0.2, -0.15) is 17.0 Å². The highest BCUT2D eigenvalue weighted by molar-refractivity contribution is 7.97. The SMILES string of the molecule is COC(=O)c1c(C)oc(NC(=O)c2cc(=O)[nH]c(CSC)n2)c1C#N. The summed E-state index contributed by atoms with van der Waals surface area (Å²) in [5.41, 5.74) is -0.838. The molecule has 2 rings (SSSR count). The molecule has 0 saturated heterocycles. The monoisotopic (exact) mass is 362 g/mol. The van der Waals surface area contributed by atoms with Crippen LogP contribution >= 0.6 is 11.8 Å². The van der Waals surface area contributed by atoms with Crippen molar-refractivity contribution >= 4 is 29.5 Å². The highest BCUT2D eigenvalue weighted by Crippen LogP contribution is 2.27. The molecule has 0 aliphatic carbocycles. The third kappa shape index (κ3) is 3.89. The van der Waals surface area contributed by atoms with Crippen LogP contribution in [0.1, 0.15) is 38.0 Å². The molecule has 2 aromatic rings. The Kier molecular flexibility index (Phi) is 5.61. The predicted molar refractivity (Wildman–Crippen MR) is 89.5 cm³/mol. The van der Waals surface area contributed by atoms with E-state index in [9.17, 15) is 19.6 Å². The number of hydrogen-bond donors (Lipinski definition) is 2. The molecule has 2 heterocycles. The maximum atomic E-state index is 12.3. The quantitative estimate of drug-likeness (QED) is 0.762. The first-order chi connectivity index (χ1) is 11.9. The zero-order valence-corrected chi connectivity index (χ0v) is 14.4. The fourth-order valence-corrected chi connectivity index (χ4v) is 2.49. The number of esters is 1. The van der Waals surface area contributed by atoms with Gasteiger partial charge in [0.25, 0.3) is 11.5 Å². The van der Waals surface area contributed by atoms with Crippen molar-refractivity contribution in [1.82, 2.24) is 9.97 Å². The third-order valence-corrected chi connectivity index (χ3v) is 3.68. The summed E-state index contributed by atoms with van der Waals surface area (Å²) in [4.78, 5) is 42.3. The highest BCUT2D eigenvalue weighted by Gasteiger charge is 2.26. The van der Waals surface area contributed by atoms with Crippen molar-refractivity contribution in [1.29, 1.82) is 5.26 Å². The second kappa shape index (κ2) is 7.67. The van der Waals surface area contributed by atoms with Gasteiger partial charge in [-0.25, -0.2) is 9.78 Å². The molecule has 0 atom stereocenters. The minimum Gasteiger partial charge on any atom is -0.465 e. The van der Waals surface area contributed by atoms with Crippen molar-refractivity contribution in [2.24, 2.45) is 0 Å². The van der Waals surface area contributed by atoms with E-state index in [1.807, 2.05) is 6.26 Å². The standard InChI is InChI=1S/C15H14N4O5S/c1-7-12(15(22)23-2)8(5-16)14(24-7)19-13(21)9-4-11(20)18-10(17-9)6-25-3/h4H,6H2,1-3H3,(H,19,21)(H,17,18,20). The summed E-state index contributed by atoms with van der Waals surface area (Å²) in [5.74, 6) is -0.812. The van der Waals surface area contributed by atoms with Crippen LogP contribution in [-0.2, 0) is 10.5 Å². The van der Waals surface area contributed by atoms with Gasteiger partial charge in [0.15, 0.2) is 0 Å². The lowest BCUT2D eigenvalue weighted by molar-refractivity contribution is 0.0598. The summed E-state index contributed by atoms with van der Waals surface area (Å²) >= 11 is 1.43. The van der Waals surface area contributed by atoms with Crippen LogP contribution in [-0.4, -0.2) is 35.2 Å². The molecule has 130 valence electrons. The van der Waals surface area contributed by atoms with E-state index < -0.39 is 17.4 Å². The van der Waals surface area contributed by atoms with Gasteiger partial charge in [0, 0.05) is 6.07 Å². The summed E-state index contributed by atoms with van der Waals surface area (Å²) in [7, 11) is 1.17. The largest absolute Gasteiger partial charge is 0.465 e. The second-order valence-corrected chi connectivity index (χ2v) is 5.67. The number of aromatic amines is 1. The molecule has 0 fully saturated rings. The summed E-state index contributed by atoms with van der Waals surface area (Å²) < 4.78 is 9.88. The van der Waals surface area contributed by atoms with Crippen LogP contribution < -0.4 is 10.9 Å². The molecule has 0 aliphatic rings. The molecule has 2 N–H and O–H groups in total. The smallest absolute Gasteiger partial charge is 0.342 e. The molecule has 25 heavy (non-hydrogen) atoms. The Balaban J connectivity index is 2.38. The van der Waals surface area contributed by atoms with Crippen LogP contribution in [0, 0.1) is 18.3 Å². The van der Waals surface area contributed by atoms with E-state index in [1.54, 1.807) is 6.07 Å². The van der Waals surface area contributed by atoms with Gasteiger partial charge in [0.2, 0.25) is 5.88 Å². The van der Waals surface area contributed by atoms with E-state index in [0.29, 0.717) is 11.6 Å². The summed E-state index contributed by atoms with van der Waals surface area (Å²) in [5, 5.41) is 11.6. The topological polar surface area (TPSA) is 138 Å². The van der Waals surface area contributed by atoms with Crippen LogP contribution in [0.4, 0.5) is 5.88 Å². The second-order valence-electron chi connectivity index (χ2n) is 4.81. The molecule has 1 amide bonds. The van der Waals surface area contributed by atoms with Gasteiger partial charge in [-0.15, -0.1) is 0 Å². The van der Waals surface area contributed by atoms with E-state index in [-0.39, 0.29) is 28.5 Å².